The minimum absolute atomic E-state index is 0.0250. The van der Waals surface area contributed by atoms with Gasteiger partial charge in [0.1, 0.15) is 5.82 Å². The van der Waals surface area contributed by atoms with Crippen LogP contribution in [0.5, 0.6) is 0 Å². The molecule has 1 amide bonds. The number of fused-ring (bicyclic) bond motifs is 1. The Balaban J connectivity index is 1.48. The molecule has 0 fully saturated rings. The second kappa shape index (κ2) is 12.8. The number of carbonyl (C=O) groups excluding carboxylic acids is 2. The number of hydroxylamine groups is 1. The maximum absolute atomic E-state index is 13.3. The van der Waals surface area contributed by atoms with Crippen molar-refractivity contribution in [2.75, 3.05) is 18.4 Å². The third kappa shape index (κ3) is 6.33. The Morgan fingerprint density at radius 1 is 1.18 bits per heavy atom. The number of rotatable bonds is 12. The van der Waals surface area contributed by atoms with E-state index in [0.29, 0.717) is 48.8 Å². The number of nitrogens with two attached hydrogens (primary N) is 2. The van der Waals surface area contributed by atoms with E-state index in [1.165, 1.54) is 0 Å². The van der Waals surface area contributed by atoms with E-state index in [-0.39, 0.29) is 18.2 Å². The van der Waals surface area contributed by atoms with Crippen LogP contribution in [0.25, 0.3) is 11.0 Å². The highest BCUT2D eigenvalue weighted by Crippen LogP contribution is 2.24. The summed E-state index contributed by atoms with van der Waals surface area (Å²) in [6.07, 6.45) is 2.47. The van der Waals surface area contributed by atoms with Gasteiger partial charge < -0.3 is 26.7 Å². The summed E-state index contributed by atoms with van der Waals surface area (Å²) in [4.78, 5) is 35.5. The van der Waals surface area contributed by atoms with Crippen LogP contribution in [0.15, 0.2) is 53.7 Å². The van der Waals surface area contributed by atoms with Crippen LogP contribution in [-0.2, 0) is 16.3 Å². The number of ketones is 1. The second-order valence-corrected chi connectivity index (χ2v) is 8.88. The summed E-state index contributed by atoms with van der Waals surface area (Å²) in [6, 6.07) is 15.1. The molecule has 198 valence electrons. The van der Waals surface area contributed by atoms with E-state index >= 15 is 0 Å². The molecule has 1 aliphatic heterocycles. The fraction of sp³-hybridized carbons (Fsp3) is 0.346. The molecule has 1 aliphatic rings. The van der Waals surface area contributed by atoms with Gasteiger partial charge in [-0.3, -0.25) is 14.5 Å². The summed E-state index contributed by atoms with van der Waals surface area (Å²) in [6.45, 7) is 0.994. The van der Waals surface area contributed by atoms with E-state index in [9.17, 15) is 9.59 Å². The van der Waals surface area contributed by atoms with Gasteiger partial charge in [-0.15, -0.1) is 5.48 Å². The van der Waals surface area contributed by atoms with Crippen molar-refractivity contribution in [3.63, 3.8) is 0 Å². The molecule has 2 heterocycles. The number of hydrogen-bond acceptors (Lipinski definition) is 10. The zero-order valence-electron chi connectivity index (χ0n) is 20.9. The monoisotopic (exact) mass is 517 g/mol. The van der Waals surface area contributed by atoms with Crippen LogP contribution in [0.4, 0.5) is 5.69 Å². The fourth-order valence-corrected chi connectivity index (χ4v) is 4.12. The van der Waals surface area contributed by atoms with Crippen LogP contribution in [0.1, 0.15) is 47.9 Å². The molecule has 0 radical (unpaired) electrons. The van der Waals surface area contributed by atoms with Crippen LogP contribution in [0.3, 0.4) is 0 Å². The Bertz CT molecular complexity index is 1340. The fourth-order valence-electron chi connectivity index (χ4n) is 4.12. The van der Waals surface area contributed by atoms with Gasteiger partial charge in [0, 0.05) is 17.8 Å². The number of unbranched alkanes of at least 4 members (excludes halogenated alkanes) is 1. The molecule has 0 bridgehead atoms. The van der Waals surface area contributed by atoms with Gasteiger partial charge in [0.15, 0.2) is 17.7 Å². The number of aromatic nitrogens is 2. The Hall–Kier alpha value is -4.31. The maximum atomic E-state index is 13.3. The van der Waals surface area contributed by atoms with Gasteiger partial charge in [-0.25, -0.2) is 4.98 Å². The Kier molecular flexibility index (Phi) is 8.99. The number of nitriles is 1. The summed E-state index contributed by atoms with van der Waals surface area (Å²) >= 11 is 0. The number of hydrogen-bond donors (Lipinski definition) is 5. The summed E-state index contributed by atoms with van der Waals surface area (Å²) in [7, 11) is 0. The van der Waals surface area contributed by atoms with E-state index in [4.69, 9.17) is 26.7 Å². The average Bonchev–Trinajstić information content (AvgIpc) is 3.53. The molecule has 0 saturated carbocycles. The molecular formula is C26H31N9O3. The largest absolute Gasteiger partial charge is 0.368 e. The standard InChI is InChI=1S/C26H31N9O3/c27-13-4-3-6-19(29)26(37)31-18-11-9-17(10-12-18)22(36)16-35-21-8-2-1-7-20(21)32-25(35)23-24(34-38-33-23)30-15-5-14-28/h1-2,7-12,19,23,33H,3-6,13,15-16,27,29H2,(H,30,34)(H,31,37)/t19-,23?/m0/s1. The molecule has 0 aliphatic carbocycles. The van der Waals surface area contributed by atoms with Crippen molar-refractivity contribution in [3.8, 4) is 6.07 Å². The number of benzene rings is 2. The molecule has 1 unspecified atom stereocenters. The predicted molar refractivity (Wildman–Crippen MR) is 143 cm³/mol. The van der Waals surface area contributed by atoms with Gasteiger partial charge in [-0.05, 0) is 60.9 Å². The van der Waals surface area contributed by atoms with E-state index in [1.807, 2.05) is 28.8 Å². The molecule has 0 saturated heterocycles. The number of amidine groups is 1. The van der Waals surface area contributed by atoms with Crippen LogP contribution in [0.2, 0.25) is 0 Å². The summed E-state index contributed by atoms with van der Waals surface area (Å²) in [5, 5.41) is 18.7. The SMILES string of the molecule is N#CCCNC1=NONC1c1nc2ccccc2n1CC(=O)c1ccc(NC(=O)[C@@H](N)CCCCN)cc1. The number of anilines is 1. The summed E-state index contributed by atoms with van der Waals surface area (Å²) in [5.74, 6) is 0.613. The van der Waals surface area contributed by atoms with Crippen molar-refractivity contribution in [1.82, 2.24) is 20.3 Å². The van der Waals surface area contributed by atoms with Gasteiger partial charge in [-0.1, -0.05) is 18.6 Å². The van der Waals surface area contributed by atoms with E-state index in [2.05, 4.69) is 27.3 Å². The first-order valence-corrected chi connectivity index (χ1v) is 12.5. The lowest BCUT2D eigenvalue weighted by Crippen LogP contribution is -2.35. The smallest absolute Gasteiger partial charge is 0.241 e. The molecule has 2 atom stereocenters. The highest BCUT2D eigenvalue weighted by Gasteiger charge is 2.31. The first kappa shape index (κ1) is 26.7. The lowest BCUT2D eigenvalue weighted by atomic mass is 10.1. The van der Waals surface area contributed by atoms with Crippen LogP contribution >= 0.6 is 0 Å². The number of para-hydroxylation sites is 2. The number of nitrogens with zero attached hydrogens (tertiary/aromatic N) is 4. The Morgan fingerprint density at radius 3 is 2.74 bits per heavy atom. The molecule has 3 aromatic rings. The summed E-state index contributed by atoms with van der Waals surface area (Å²) < 4.78 is 1.82. The number of imidazole rings is 1. The second-order valence-electron chi connectivity index (χ2n) is 8.88. The molecule has 12 nitrogen and oxygen atoms in total. The van der Waals surface area contributed by atoms with Gasteiger partial charge in [0.2, 0.25) is 5.91 Å². The quantitative estimate of drug-likeness (QED) is 0.176. The molecule has 38 heavy (non-hydrogen) atoms. The molecule has 7 N–H and O–H groups in total. The first-order valence-electron chi connectivity index (χ1n) is 12.5. The van der Waals surface area contributed by atoms with Crippen LogP contribution in [-0.4, -0.2) is 46.2 Å². The van der Waals surface area contributed by atoms with Gasteiger partial charge in [0.25, 0.3) is 0 Å². The Morgan fingerprint density at radius 2 is 1.97 bits per heavy atom. The highest BCUT2D eigenvalue weighted by atomic mass is 16.8. The molecule has 4 rings (SSSR count). The van der Waals surface area contributed by atoms with Gasteiger partial charge in [0.05, 0.1) is 36.1 Å². The normalized spacial score (nSPS) is 15.4. The molecule has 2 aromatic carbocycles. The molecule has 1 aromatic heterocycles. The summed E-state index contributed by atoms with van der Waals surface area (Å²) in [5.41, 5.74) is 16.8. The third-order valence-corrected chi connectivity index (χ3v) is 6.16. The van der Waals surface area contributed by atoms with Crippen LogP contribution in [0, 0.1) is 11.3 Å². The van der Waals surface area contributed by atoms with Gasteiger partial charge in [-0.2, -0.15) is 5.26 Å². The average molecular weight is 518 g/mol. The zero-order valence-corrected chi connectivity index (χ0v) is 20.9. The maximum Gasteiger partial charge on any atom is 0.241 e. The van der Waals surface area contributed by atoms with Crippen LogP contribution < -0.4 is 27.6 Å². The number of amides is 1. The van der Waals surface area contributed by atoms with Crippen molar-refractivity contribution in [1.29, 1.82) is 5.26 Å². The van der Waals surface area contributed by atoms with Crippen molar-refractivity contribution >= 4 is 34.2 Å². The van der Waals surface area contributed by atoms with Crippen molar-refractivity contribution in [3.05, 3.63) is 59.9 Å². The number of nitrogens with one attached hydrogen (secondary N) is 3. The third-order valence-electron chi connectivity index (χ3n) is 6.16. The van der Waals surface area contributed by atoms with E-state index < -0.39 is 12.1 Å². The highest BCUT2D eigenvalue weighted by molar-refractivity contribution is 5.99. The topological polar surface area (TPSA) is 185 Å². The number of oxime groups is 1. The lowest BCUT2D eigenvalue weighted by molar-refractivity contribution is -0.117. The van der Waals surface area contributed by atoms with E-state index in [1.54, 1.807) is 24.3 Å². The minimum atomic E-state index is -0.619. The van der Waals surface area contributed by atoms with Crippen molar-refractivity contribution in [2.45, 2.75) is 44.3 Å². The minimum Gasteiger partial charge on any atom is -0.368 e. The van der Waals surface area contributed by atoms with E-state index in [0.717, 1.165) is 23.9 Å². The van der Waals surface area contributed by atoms with Gasteiger partial charge >= 0.3 is 0 Å². The number of carbonyl (C=O) groups is 2. The zero-order chi connectivity index (χ0) is 26.9. The Labute approximate surface area is 220 Å². The predicted octanol–water partition coefficient (Wildman–Crippen LogP) is 1.71. The first-order chi connectivity index (χ1) is 18.5. The number of Topliss-reactive ketones (excluding diaryl/α,β-unsaturated/α-hetero) is 1. The molecular weight excluding hydrogens is 486 g/mol. The van der Waals surface area contributed by atoms with Crippen molar-refractivity contribution in [2.24, 2.45) is 16.6 Å². The van der Waals surface area contributed by atoms with Crippen molar-refractivity contribution < 1.29 is 14.5 Å². The molecule has 12 heteroatoms. The molecule has 0 spiro atoms. The lowest BCUT2D eigenvalue weighted by Gasteiger charge is -2.15.